The Morgan fingerprint density at radius 3 is 2.35 bits per heavy atom. The molecule has 0 saturated carbocycles. The number of benzene rings is 2. The molecule has 1 saturated heterocycles. The second-order valence-electron chi connectivity index (χ2n) is 14.5. The van der Waals surface area contributed by atoms with E-state index in [9.17, 15) is 9.90 Å². The van der Waals surface area contributed by atoms with Crippen molar-refractivity contribution in [3.05, 3.63) is 74.0 Å². The number of rotatable bonds is 8. The van der Waals surface area contributed by atoms with Gasteiger partial charge < -0.3 is 19.5 Å². The molecule has 3 heterocycles. The predicted molar refractivity (Wildman–Crippen MR) is 186 cm³/mol. The minimum absolute atomic E-state index is 0.237. The molecule has 248 valence electrons. The summed E-state index contributed by atoms with van der Waals surface area (Å²) in [5.74, 6) is -0.430. The SMILES string of the molecule is COc1ccc(CN2CCc3cc(-c4c(C)nc(C)c([C@H](OC(C)(C)C)C(=O)O)c4N4CCC(C)(C)CC4)ccc3C2)c(Cl)c1Cl. The van der Waals surface area contributed by atoms with Gasteiger partial charge in [-0.15, -0.1) is 0 Å². The third-order valence-electron chi connectivity index (χ3n) is 9.30. The van der Waals surface area contributed by atoms with E-state index in [4.69, 9.17) is 37.7 Å². The first-order valence-corrected chi connectivity index (χ1v) is 16.9. The van der Waals surface area contributed by atoms with Gasteiger partial charge in [-0.05, 0) is 87.6 Å². The van der Waals surface area contributed by atoms with E-state index in [1.54, 1.807) is 7.11 Å². The van der Waals surface area contributed by atoms with Crippen LogP contribution in [0.2, 0.25) is 10.0 Å². The highest BCUT2D eigenvalue weighted by Crippen LogP contribution is 2.45. The second kappa shape index (κ2) is 13.3. The molecule has 2 aliphatic rings. The monoisotopic (exact) mass is 667 g/mol. The van der Waals surface area contributed by atoms with Crippen molar-refractivity contribution in [3.8, 4) is 16.9 Å². The Morgan fingerprint density at radius 2 is 1.72 bits per heavy atom. The Bertz CT molecular complexity index is 1620. The van der Waals surface area contributed by atoms with Crippen LogP contribution in [0.15, 0.2) is 30.3 Å². The van der Waals surface area contributed by atoms with Gasteiger partial charge in [-0.3, -0.25) is 9.88 Å². The number of aryl methyl sites for hydroxylation is 2. The molecule has 1 aromatic heterocycles. The lowest BCUT2D eigenvalue weighted by molar-refractivity contribution is -0.160. The lowest BCUT2D eigenvalue weighted by Crippen LogP contribution is -2.39. The van der Waals surface area contributed by atoms with E-state index in [-0.39, 0.29) is 5.41 Å². The average Bonchev–Trinajstić information content (AvgIpc) is 2.98. The summed E-state index contributed by atoms with van der Waals surface area (Å²) in [7, 11) is 1.59. The Morgan fingerprint density at radius 1 is 1.02 bits per heavy atom. The largest absolute Gasteiger partial charge is 0.495 e. The van der Waals surface area contributed by atoms with Crippen LogP contribution in [-0.4, -0.2) is 53.3 Å². The van der Waals surface area contributed by atoms with Crippen molar-refractivity contribution >= 4 is 34.9 Å². The summed E-state index contributed by atoms with van der Waals surface area (Å²) in [6.07, 6.45) is 1.79. The minimum atomic E-state index is -1.14. The number of carboxylic acid groups (broad SMARTS) is 1. The number of carboxylic acids is 1. The molecule has 46 heavy (non-hydrogen) atoms. The van der Waals surface area contributed by atoms with Crippen molar-refractivity contribution < 1.29 is 19.4 Å². The summed E-state index contributed by atoms with van der Waals surface area (Å²) in [6.45, 7) is 18.3. The van der Waals surface area contributed by atoms with Crippen LogP contribution in [0.1, 0.15) is 87.2 Å². The van der Waals surface area contributed by atoms with E-state index >= 15 is 0 Å². The number of nitrogens with zero attached hydrogens (tertiary/aromatic N) is 3. The smallest absolute Gasteiger partial charge is 0.337 e. The van der Waals surface area contributed by atoms with Gasteiger partial charge in [0, 0.05) is 55.2 Å². The quantitative estimate of drug-likeness (QED) is 0.257. The number of pyridine rings is 1. The highest BCUT2D eigenvalue weighted by Gasteiger charge is 2.36. The van der Waals surface area contributed by atoms with Crippen molar-refractivity contribution in [1.29, 1.82) is 0 Å². The topological polar surface area (TPSA) is 75.1 Å². The molecule has 1 fully saturated rings. The van der Waals surface area contributed by atoms with Gasteiger partial charge in [0.1, 0.15) is 10.8 Å². The van der Waals surface area contributed by atoms with Gasteiger partial charge >= 0.3 is 5.97 Å². The van der Waals surface area contributed by atoms with Gasteiger partial charge in [-0.2, -0.15) is 0 Å². The summed E-state index contributed by atoms with van der Waals surface area (Å²) in [6, 6.07) is 10.5. The zero-order chi connectivity index (χ0) is 33.6. The first kappa shape index (κ1) is 34.5. The molecule has 5 rings (SSSR count). The Hall–Kier alpha value is -2.84. The van der Waals surface area contributed by atoms with Crippen molar-refractivity contribution in [2.75, 3.05) is 31.6 Å². The van der Waals surface area contributed by atoms with Crippen LogP contribution in [-0.2, 0) is 29.0 Å². The summed E-state index contributed by atoms with van der Waals surface area (Å²) in [4.78, 5) is 22.5. The molecule has 1 atom stereocenters. The molecular weight excluding hydrogens is 621 g/mol. The fraction of sp³-hybridized carbons (Fsp3) is 0.514. The standard InChI is InChI=1S/C37H47Cl2N3O4/c1-22-29(25-9-10-26-20-41(16-13-24(26)19-25)21-27-11-12-28(45-8)32(39)31(27)38)33(42-17-14-37(6,7)15-18-42)30(23(2)40-22)34(35(43)44)46-36(3,4)5/h9-12,19,34H,13-18,20-21H2,1-8H3,(H,43,44)/t34-/m0/s1. The number of hydrogen-bond acceptors (Lipinski definition) is 6. The fourth-order valence-corrected chi connectivity index (χ4v) is 7.23. The van der Waals surface area contributed by atoms with E-state index in [0.717, 1.165) is 73.5 Å². The van der Waals surface area contributed by atoms with Crippen LogP contribution in [0.4, 0.5) is 5.69 Å². The highest BCUT2D eigenvalue weighted by atomic mass is 35.5. The van der Waals surface area contributed by atoms with Crippen molar-refractivity contribution in [1.82, 2.24) is 9.88 Å². The van der Waals surface area contributed by atoms with Crippen molar-refractivity contribution in [3.63, 3.8) is 0 Å². The number of fused-ring (bicyclic) bond motifs is 1. The molecule has 9 heteroatoms. The van der Waals surface area contributed by atoms with Gasteiger partial charge in [0.25, 0.3) is 0 Å². The number of hydrogen-bond donors (Lipinski definition) is 1. The molecule has 2 aromatic carbocycles. The number of anilines is 1. The lowest BCUT2D eigenvalue weighted by Gasteiger charge is -2.41. The first-order valence-electron chi connectivity index (χ1n) is 16.1. The molecular formula is C37H47Cl2N3O4. The molecule has 0 radical (unpaired) electrons. The Kier molecular flexibility index (Phi) is 10.0. The molecule has 0 amide bonds. The normalized spacial score (nSPS) is 17.5. The number of aromatic nitrogens is 1. The highest BCUT2D eigenvalue weighted by molar-refractivity contribution is 6.43. The van der Waals surface area contributed by atoms with E-state index in [2.05, 4.69) is 41.8 Å². The third kappa shape index (κ3) is 7.33. The molecule has 7 nitrogen and oxygen atoms in total. The average molecular weight is 669 g/mol. The number of halogens is 2. The van der Waals surface area contributed by atoms with Crippen LogP contribution in [0.25, 0.3) is 11.1 Å². The van der Waals surface area contributed by atoms with Crippen LogP contribution >= 0.6 is 23.2 Å². The number of piperidine rings is 1. The number of methoxy groups -OCH3 is 1. The first-order chi connectivity index (χ1) is 21.6. The zero-order valence-corrected chi connectivity index (χ0v) is 29.9. The molecule has 3 aromatic rings. The van der Waals surface area contributed by atoms with E-state index in [1.807, 2.05) is 46.8 Å². The maximum absolute atomic E-state index is 12.8. The van der Waals surface area contributed by atoms with E-state index in [0.29, 0.717) is 33.6 Å². The van der Waals surface area contributed by atoms with Crippen LogP contribution in [0, 0.1) is 19.3 Å². The molecule has 0 aliphatic carbocycles. The molecule has 0 bridgehead atoms. The molecule has 1 N–H and O–H groups in total. The summed E-state index contributed by atoms with van der Waals surface area (Å²) >= 11 is 13.0. The summed E-state index contributed by atoms with van der Waals surface area (Å²) < 4.78 is 11.6. The lowest BCUT2D eigenvalue weighted by atomic mass is 9.81. The minimum Gasteiger partial charge on any atom is -0.495 e. The fourth-order valence-electron chi connectivity index (χ4n) is 6.75. The second-order valence-corrected chi connectivity index (χ2v) is 15.3. The van der Waals surface area contributed by atoms with Gasteiger partial charge in [-0.1, -0.05) is 61.3 Å². The third-order valence-corrected chi connectivity index (χ3v) is 10.2. The van der Waals surface area contributed by atoms with Gasteiger partial charge in [-0.25, -0.2) is 4.79 Å². The van der Waals surface area contributed by atoms with Crippen LogP contribution < -0.4 is 9.64 Å². The summed E-state index contributed by atoms with van der Waals surface area (Å²) in [5.41, 5.74) is 8.36. The Labute approximate surface area is 283 Å². The van der Waals surface area contributed by atoms with Gasteiger partial charge in [0.15, 0.2) is 6.10 Å². The van der Waals surface area contributed by atoms with E-state index < -0.39 is 17.7 Å². The molecule has 0 spiro atoms. The van der Waals surface area contributed by atoms with Gasteiger partial charge in [0.05, 0.1) is 23.4 Å². The van der Waals surface area contributed by atoms with E-state index in [1.165, 1.54) is 11.1 Å². The molecule has 0 unspecified atom stereocenters. The number of ether oxygens (including phenoxy) is 2. The zero-order valence-electron chi connectivity index (χ0n) is 28.4. The number of carbonyl (C=O) groups is 1. The van der Waals surface area contributed by atoms with Crippen molar-refractivity contribution in [2.24, 2.45) is 5.41 Å². The maximum Gasteiger partial charge on any atom is 0.337 e. The van der Waals surface area contributed by atoms with Crippen LogP contribution in [0.5, 0.6) is 5.75 Å². The maximum atomic E-state index is 12.8. The Balaban J connectivity index is 1.54. The predicted octanol–water partition coefficient (Wildman–Crippen LogP) is 8.81. The van der Waals surface area contributed by atoms with Gasteiger partial charge in [0.2, 0.25) is 0 Å². The molecule has 2 aliphatic heterocycles. The van der Waals surface area contributed by atoms with Crippen LogP contribution in [0.3, 0.4) is 0 Å². The number of aliphatic carboxylic acids is 1. The van der Waals surface area contributed by atoms with Crippen molar-refractivity contribution in [2.45, 2.75) is 92.5 Å². The summed E-state index contributed by atoms with van der Waals surface area (Å²) in [5, 5.41) is 11.5.